The molecule has 4 rings (SSSR count). The second kappa shape index (κ2) is 6.49. The highest BCUT2D eigenvalue weighted by atomic mass is 16.3. The van der Waals surface area contributed by atoms with Gasteiger partial charge in [-0.25, -0.2) is 0 Å². The van der Waals surface area contributed by atoms with E-state index in [0.29, 0.717) is 11.1 Å². The molecule has 25 heavy (non-hydrogen) atoms. The van der Waals surface area contributed by atoms with E-state index in [9.17, 15) is 24.3 Å². The Hall–Kier alpha value is -3.60. The van der Waals surface area contributed by atoms with Crippen LogP contribution in [0.4, 0.5) is 0 Å². The fourth-order valence-electron chi connectivity index (χ4n) is 2.52. The van der Waals surface area contributed by atoms with Gasteiger partial charge in [-0.2, -0.15) is 0 Å². The molecule has 1 N–H and O–H groups in total. The summed E-state index contributed by atoms with van der Waals surface area (Å²) in [6, 6.07) is 11.6. The van der Waals surface area contributed by atoms with Gasteiger partial charge in [-0.15, -0.1) is 0 Å². The highest BCUT2D eigenvalue weighted by molar-refractivity contribution is 6.50. The Balaban J connectivity index is 0.000000146. The molecule has 0 spiro atoms. The summed E-state index contributed by atoms with van der Waals surface area (Å²) < 4.78 is 0. The summed E-state index contributed by atoms with van der Waals surface area (Å²) in [6.45, 7) is 0. The molecule has 0 atom stereocenters. The minimum absolute atomic E-state index is 0.0228. The molecule has 0 fully saturated rings. The van der Waals surface area contributed by atoms with Gasteiger partial charge in [0.25, 0.3) is 0 Å². The van der Waals surface area contributed by atoms with E-state index in [1.54, 1.807) is 24.3 Å². The lowest BCUT2D eigenvalue weighted by atomic mass is 9.95. The Morgan fingerprint density at radius 3 is 1.96 bits per heavy atom. The summed E-state index contributed by atoms with van der Waals surface area (Å²) in [5.41, 5.74) is 2.02. The quantitative estimate of drug-likeness (QED) is 0.749. The van der Waals surface area contributed by atoms with Crippen LogP contribution >= 0.6 is 0 Å². The third-order valence-corrected chi connectivity index (χ3v) is 3.80. The molecule has 0 saturated heterocycles. The van der Waals surface area contributed by atoms with Gasteiger partial charge in [0.05, 0.1) is 0 Å². The van der Waals surface area contributed by atoms with E-state index in [-0.39, 0.29) is 11.3 Å². The van der Waals surface area contributed by atoms with Gasteiger partial charge in [0.2, 0.25) is 23.1 Å². The lowest BCUT2D eigenvalue weighted by Gasteiger charge is -2.08. The Bertz CT molecular complexity index is 979. The first-order valence-electron chi connectivity index (χ1n) is 7.43. The number of carbonyl (C=O) groups excluding carboxylic acids is 4. The van der Waals surface area contributed by atoms with Crippen LogP contribution in [0, 0.1) is 0 Å². The maximum Gasteiger partial charge on any atom is 0.233 e. The van der Waals surface area contributed by atoms with Crippen LogP contribution in [0.3, 0.4) is 0 Å². The largest absolute Gasteiger partial charge is 0.507 e. The van der Waals surface area contributed by atoms with Crippen molar-refractivity contribution in [1.82, 2.24) is 0 Å². The molecular formula is C20H12O5. The van der Waals surface area contributed by atoms with E-state index in [4.69, 9.17) is 0 Å². The third kappa shape index (κ3) is 3.07. The van der Waals surface area contributed by atoms with Crippen molar-refractivity contribution >= 4 is 35.3 Å². The number of Topliss-reactive ketones (excluding diaryl/α,β-unsaturated/α-hetero) is 2. The van der Waals surface area contributed by atoms with Gasteiger partial charge in [0, 0.05) is 16.7 Å². The Labute approximate surface area is 142 Å². The van der Waals surface area contributed by atoms with Crippen molar-refractivity contribution < 1.29 is 24.3 Å². The number of phenolic OH excluding ortho intramolecular Hbond substituents is 1. The van der Waals surface area contributed by atoms with Crippen molar-refractivity contribution in [2.45, 2.75) is 0 Å². The van der Waals surface area contributed by atoms with Crippen molar-refractivity contribution in [2.24, 2.45) is 0 Å². The first kappa shape index (κ1) is 16.3. The van der Waals surface area contributed by atoms with Gasteiger partial charge >= 0.3 is 0 Å². The van der Waals surface area contributed by atoms with Crippen molar-refractivity contribution in [2.75, 3.05) is 0 Å². The molecule has 0 saturated carbocycles. The molecule has 2 aromatic carbocycles. The van der Waals surface area contributed by atoms with E-state index in [0.717, 1.165) is 5.56 Å². The molecule has 0 aliphatic heterocycles. The third-order valence-electron chi connectivity index (χ3n) is 3.80. The van der Waals surface area contributed by atoms with Crippen LogP contribution < -0.4 is 0 Å². The Morgan fingerprint density at radius 2 is 1.20 bits per heavy atom. The number of allylic oxidation sites excluding steroid dienone is 2. The van der Waals surface area contributed by atoms with Crippen LogP contribution in [0.15, 0.2) is 54.6 Å². The van der Waals surface area contributed by atoms with Gasteiger partial charge in [0.1, 0.15) is 5.75 Å². The molecule has 2 aliphatic rings. The maximum atomic E-state index is 11.3. The SMILES string of the molecule is O=C1C=Cc2c(O)cccc2C1=O.O=C1C=Cc2ccccc2C1=O. The number of rotatable bonds is 0. The highest BCUT2D eigenvalue weighted by Crippen LogP contribution is 2.25. The molecule has 0 heterocycles. The van der Waals surface area contributed by atoms with E-state index < -0.39 is 23.1 Å². The molecular weight excluding hydrogens is 320 g/mol. The van der Waals surface area contributed by atoms with E-state index in [1.807, 2.05) is 12.1 Å². The van der Waals surface area contributed by atoms with Gasteiger partial charge in [-0.3, -0.25) is 19.2 Å². The highest BCUT2D eigenvalue weighted by Gasteiger charge is 2.22. The zero-order valence-electron chi connectivity index (χ0n) is 12.9. The molecule has 0 aromatic heterocycles. The zero-order valence-corrected chi connectivity index (χ0v) is 12.9. The summed E-state index contributed by atoms with van der Waals surface area (Å²) in [5.74, 6) is -1.93. The van der Waals surface area contributed by atoms with Crippen LogP contribution in [-0.2, 0) is 9.59 Å². The van der Waals surface area contributed by atoms with E-state index >= 15 is 0 Å². The summed E-state index contributed by atoms with van der Waals surface area (Å²) in [6.07, 6.45) is 5.60. The number of ketones is 4. The predicted octanol–water partition coefficient (Wildman–Crippen LogP) is 2.64. The van der Waals surface area contributed by atoms with E-state index in [2.05, 4.69) is 0 Å². The number of hydrogen-bond acceptors (Lipinski definition) is 5. The number of benzene rings is 2. The minimum Gasteiger partial charge on any atom is -0.507 e. The topological polar surface area (TPSA) is 88.5 Å². The molecule has 0 radical (unpaired) electrons. The molecule has 2 aliphatic carbocycles. The summed E-state index contributed by atoms with van der Waals surface area (Å²) in [7, 11) is 0. The average molecular weight is 332 g/mol. The monoisotopic (exact) mass is 332 g/mol. The molecule has 5 heteroatoms. The van der Waals surface area contributed by atoms with Crippen LogP contribution in [0.1, 0.15) is 31.8 Å². The minimum atomic E-state index is -0.562. The lowest BCUT2D eigenvalue weighted by molar-refractivity contribution is -0.111. The normalized spacial score (nSPS) is 14.6. The second-order valence-corrected chi connectivity index (χ2v) is 5.38. The van der Waals surface area contributed by atoms with Crippen LogP contribution in [0.2, 0.25) is 0 Å². The summed E-state index contributed by atoms with van der Waals surface area (Å²) in [4.78, 5) is 44.3. The number of carbonyl (C=O) groups is 4. The fraction of sp³-hybridized carbons (Fsp3) is 0. The van der Waals surface area contributed by atoms with Crippen LogP contribution in [0.5, 0.6) is 5.75 Å². The van der Waals surface area contributed by atoms with E-state index in [1.165, 1.54) is 30.4 Å². The average Bonchev–Trinajstić information content (AvgIpc) is 2.63. The van der Waals surface area contributed by atoms with Crippen molar-refractivity contribution in [1.29, 1.82) is 0 Å². The van der Waals surface area contributed by atoms with Crippen molar-refractivity contribution in [3.8, 4) is 5.75 Å². The van der Waals surface area contributed by atoms with Crippen molar-refractivity contribution in [3.05, 3.63) is 76.9 Å². The maximum absolute atomic E-state index is 11.3. The summed E-state index contributed by atoms with van der Waals surface area (Å²) in [5, 5.41) is 9.35. The molecule has 2 aromatic rings. The molecule has 5 nitrogen and oxygen atoms in total. The van der Waals surface area contributed by atoms with Crippen molar-refractivity contribution in [3.63, 3.8) is 0 Å². The lowest BCUT2D eigenvalue weighted by Crippen LogP contribution is -2.15. The number of fused-ring (bicyclic) bond motifs is 2. The summed E-state index contributed by atoms with van der Waals surface area (Å²) >= 11 is 0. The first-order valence-corrected chi connectivity index (χ1v) is 7.43. The molecule has 122 valence electrons. The zero-order chi connectivity index (χ0) is 18.0. The standard InChI is InChI=1S/C10H6O3.C10H6O2/c11-8-3-1-2-7-6(8)4-5-9(12)10(7)13;11-9-6-5-7-3-1-2-4-8(7)10(9)12/h1-5,11H;1-6H. The predicted molar refractivity (Wildman–Crippen MR) is 91.3 cm³/mol. The van der Waals surface area contributed by atoms with Gasteiger partial charge < -0.3 is 5.11 Å². The van der Waals surface area contributed by atoms with Gasteiger partial charge in [-0.1, -0.05) is 42.5 Å². The number of phenols is 1. The van der Waals surface area contributed by atoms with Crippen LogP contribution in [0.25, 0.3) is 12.2 Å². The Kier molecular flexibility index (Phi) is 4.22. The molecule has 0 bridgehead atoms. The van der Waals surface area contributed by atoms with Gasteiger partial charge in [0.15, 0.2) is 0 Å². The first-order chi connectivity index (χ1) is 12.0. The Morgan fingerprint density at radius 1 is 0.600 bits per heavy atom. The molecule has 0 unspecified atom stereocenters. The second-order valence-electron chi connectivity index (χ2n) is 5.38. The molecule has 0 amide bonds. The number of hydrogen-bond donors (Lipinski definition) is 1. The van der Waals surface area contributed by atoms with Crippen LogP contribution in [-0.4, -0.2) is 28.2 Å². The van der Waals surface area contributed by atoms with Gasteiger partial charge in [-0.05, 0) is 29.9 Å². The smallest absolute Gasteiger partial charge is 0.233 e. The fourth-order valence-corrected chi connectivity index (χ4v) is 2.52. The number of aromatic hydroxyl groups is 1.